The quantitative estimate of drug-likeness (QED) is 0.836. The molecule has 5 heteroatoms. The molecule has 2 fully saturated rings. The summed E-state index contributed by atoms with van der Waals surface area (Å²) in [4.78, 5) is 14.3. The van der Waals surface area contributed by atoms with Crippen LogP contribution in [0.2, 0.25) is 0 Å². The van der Waals surface area contributed by atoms with Gasteiger partial charge in [-0.2, -0.15) is 0 Å². The molecule has 2 rings (SSSR count). The maximum absolute atomic E-state index is 11.8. The second-order valence-electron chi connectivity index (χ2n) is 7.43. The molecule has 0 unspecified atom stereocenters. The molecule has 1 atom stereocenters. The Bertz CT molecular complexity index is 327. The third-order valence-electron chi connectivity index (χ3n) is 4.22. The van der Waals surface area contributed by atoms with Gasteiger partial charge < -0.3 is 20.3 Å². The molecule has 0 spiro atoms. The highest BCUT2D eigenvalue weighted by Gasteiger charge is 2.25. The molecule has 0 saturated carbocycles. The van der Waals surface area contributed by atoms with Crippen molar-refractivity contribution in [2.24, 2.45) is 5.92 Å². The van der Waals surface area contributed by atoms with Crippen molar-refractivity contribution in [1.29, 1.82) is 0 Å². The Kier molecular flexibility index (Phi) is 5.88. The van der Waals surface area contributed by atoms with Crippen LogP contribution in [0.5, 0.6) is 0 Å². The molecule has 21 heavy (non-hydrogen) atoms. The van der Waals surface area contributed by atoms with Crippen LogP contribution in [-0.4, -0.2) is 55.4 Å². The SMILES string of the molecule is CC(C)(C)OC(=O)NC1CCN(C[C@H]2CCCNC2)CC1. The van der Waals surface area contributed by atoms with E-state index in [9.17, 15) is 4.79 Å². The fourth-order valence-electron chi connectivity index (χ4n) is 3.18. The lowest BCUT2D eigenvalue weighted by Crippen LogP contribution is -2.48. The molecular weight excluding hydrogens is 266 g/mol. The number of carbonyl (C=O) groups excluding carboxylic acids is 1. The van der Waals surface area contributed by atoms with E-state index in [4.69, 9.17) is 4.74 Å². The number of hydrogen-bond donors (Lipinski definition) is 2. The van der Waals surface area contributed by atoms with Crippen molar-refractivity contribution in [3.05, 3.63) is 0 Å². The average molecular weight is 297 g/mol. The fraction of sp³-hybridized carbons (Fsp3) is 0.938. The van der Waals surface area contributed by atoms with Crippen molar-refractivity contribution in [1.82, 2.24) is 15.5 Å². The van der Waals surface area contributed by atoms with Crippen LogP contribution < -0.4 is 10.6 Å². The van der Waals surface area contributed by atoms with Crippen LogP contribution in [0.4, 0.5) is 4.79 Å². The van der Waals surface area contributed by atoms with Crippen LogP contribution in [0.1, 0.15) is 46.5 Å². The molecule has 2 aliphatic rings. The van der Waals surface area contributed by atoms with Crippen LogP contribution in [-0.2, 0) is 4.74 Å². The van der Waals surface area contributed by atoms with E-state index in [0.29, 0.717) is 0 Å². The monoisotopic (exact) mass is 297 g/mol. The molecule has 0 aromatic rings. The molecule has 2 aliphatic heterocycles. The molecule has 1 amide bonds. The predicted octanol–water partition coefficient (Wildman–Crippen LogP) is 1.98. The van der Waals surface area contributed by atoms with Crippen LogP contribution in [0.3, 0.4) is 0 Å². The number of alkyl carbamates (subject to hydrolysis) is 1. The zero-order valence-electron chi connectivity index (χ0n) is 13.8. The highest BCUT2D eigenvalue weighted by atomic mass is 16.6. The first kappa shape index (κ1) is 16.6. The Balaban J connectivity index is 1.64. The summed E-state index contributed by atoms with van der Waals surface area (Å²) in [5.74, 6) is 0.800. The summed E-state index contributed by atoms with van der Waals surface area (Å²) < 4.78 is 5.32. The van der Waals surface area contributed by atoms with E-state index >= 15 is 0 Å². The lowest BCUT2D eigenvalue weighted by atomic mass is 9.97. The summed E-state index contributed by atoms with van der Waals surface area (Å²) >= 11 is 0. The number of nitrogens with zero attached hydrogens (tertiary/aromatic N) is 1. The molecule has 2 saturated heterocycles. The summed E-state index contributed by atoms with van der Waals surface area (Å²) in [5.41, 5.74) is -0.418. The first-order valence-electron chi connectivity index (χ1n) is 8.35. The number of nitrogens with one attached hydrogen (secondary N) is 2. The third-order valence-corrected chi connectivity index (χ3v) is 4.22. The first-order valence-corrected chi connectivity index (χ1v) is 8.35. The van der Waals surface area contributed by atoms with E-state index in [0.717, 1.165) is 38.4 Å². The highest BCUT2D eigenvalue weighted by molar-refractivity contribution is 5.68. The van der Waals surface area contributed by atoms with Gasteiger partial charge in [0.1, 0.15) is 5.60 Å². The van der Waals surface area contributed by atoms with Gasteiger partial charge in [-0.05, 0) is 65.5 Å². The normalized spacial score (nSPS) is 25.6. The summed E-state index contributed by atoms with van der Waals surface area (Å²) in [6, 6.07) is 0.264. The molecule has 5 nitrogen and oxygen atoms in total. The minimum Gasteiger partial charge on any atom is -0.444 e. The number of rotatable bonds is 3. The predicted molar refractivity (Wildman–Crippen MR) is 84.4 cm³/mol. The van der Waals surface area contributed by atoms with Gasteiger partial charge in [-0.25, -0.2) is 4.79 Å². The third kappa shape index (κ3) is 6.22. The summed E-state index contributed by atoms with van der Waals surface area (Å²) in [6.45, 7) is 11.4. The van der Waals surface area contributed by atoms with Crippen LogP contribution in [0, 0.1) is 5.92 Å². The van der Waals surface area contributed by atoms with E-state index in [2.05, 4.69) is 15.5 Å². The molecule has 0 aromatic heterocycles. The van der Waals surface area contributed by atoms with Gasteiger partial charge in [-0.1, -0.05) is 0 Å². The number of piperidine rings is 2. The van der Waals surface area contributed by atoms with Crippen LogP contribution in [0.25, 0.3) is 0 Å². The highest BCUT2D eigenvalue weighted by Crippen LogP contribution is 2.17. The van der Waals surface area contributed by atoms with Gasteiger partial charge in [-0.15, -0.1) is 0 Å². The van der Waals surface area contributed by atoms with Crippen molar-refractivity contribution in [3.8, 4) is 0 Å². The Morgan fingerprint density at radius 3 is 2.57 bits per heavy atom. The summed E-state index contributed by atoms with van der Waals surface area (Å²) in [5, 5.41) is 6.48. The fourth-order valence-corrected chi connectivity index (χ4v) is 3.18. The van der Waals surface area contributed by atoms with E-state index in [1.54, 1.807) is 0 Å². The number of hydrogen-bond acceptors (Lipinski definition) is 4. The van der Waals surface area contributed by atoms with Crippen molar-refractivity contribution in [3.63, 3.8) is 0 Å². The largest absolute Gasteiger partial charge is 0.444 e. The minimum absolute atomic E-state index is 0.264. The lowest BCUT2D eigenvalue weighted by Gasteiger charge is -2.35. The Morgan fingerprint density at radius 1 is 1.29 bits per heavy atom. The van der Waals surface area contributed by atoms with Gasteiger partial charge in [0.15, 0.2) is 0 Å². The smallest absolute Gasteiger partial charge is 0.407 e. The second-order valence-corrected chi connectivity index (χ2v) is 7.43. The maximum Gasteiger partial charge on any atom is 0.407 e. The molecule has 0 radical (unpaired) electrons. The Morgan fingerprint density at radius 2 is 2.00 bits per heavy atom. The zero-order chi connectivity index (χ0) is 15.3. The second kappa shape index (κ2) is 7.45. The molecule has 2 heterocycles. The molecule has 0 bridgehead atoms. The Labute approximate surface area is 128 Å². The summed E-state index contributed by atoms with van der Waals surface area (Å²) in [7, 11) is 0. The number of ether oxygens (including phenoxy) is 1. The van der Waals surface area contributed by atoms with Gasteiger partial charge in [0.2, 0.25) is 0 Å². The van der Waals surface area contributed by atoms with E-state index in [1.807, 2.05) is 20.8 Å². The molecule has 0 aromatic carbocycles. The molecule has 2 N–H and O–H groups in total. The lowest BCUT2D eigenvalue weighted by molar-refractivity contribution is 0.0474. The van der Waals surface area contributed by atoms with Crippen molar-refractivity contribution >= 4 is 6.09 Å². The van der Waals surface area contributed by atoms with E-state index in [-0.39, 0.29) is 12.1 Å². The van der Waals surface area contributed by atoms with E-state index in [1.165, 1.54) is 25.9 Å². The molecule has 0 aliphatic carbocycles. The van der Waals surface area contributed by atoms with Gasteiger partial charge in [0.05, 0.1) is 0 Å². The zero-order valence-corrected chi connectivity index (χ0v) is 13.8. The van der Waals surface area contributed by atoms with E-state index < -0.39 is 5.60 Å². The van der Waals surface area contributed by atoms with Crippen molar-refractivity contribution < 1.29 is 9.53 Å². The number of carbonyl (C=O) groups is 1. The van der Waals surface area contributed by atoms with Gasteiger partial charge in [0.25, 0.3) is 0 Å². The maximum atomic E-state index is 11.8. The van der Waals surface area contributed by atoms with Crippen LogP contribution >= 0.6 is 0 Å². The molecular formula is C16H31N3O2. The Hall–Kier alpha value is -0.810. The first-order chi connectivity index (χ1) is 9.92. The van der Waals surface area contributed by atoms with Crippen molar-refractivity contribution in [2.45, 2.75) is 58.1 Å². The number of likely N-dealkylation sites (tertiary alicyclic amines) is 1. The van der Waals surface area contributed by atoms with Crippen molar-refractivity contribution in [2.75, 3.05) is 32.7 Å². The summed E-state index contributed by atoms with van der Waals surface area (Å²) in [6.07, 6.45) is 4.43. The number of amides is 1. The van der Waals surface area contributed by atoms with Gasteiger partial charge in [0, 0.05) is 25.7 Å². The topological polar surface area (TPSA) is 53.6 Å². The minimum atomic E-state index is -0.418. The average Bonchev–Trinajstić information content (AvgIpc) is 2.40. The van der Waals surface area contributed by atoms with Gasteiger partial charge >= 0.3 is 6.09 Å². The molecule has 122 valence electrons. The van der Waals surface area contributed by atoms with Gasteiger partial charge in [-0.3, -0.25) is 0 Å². The van der Waals surface area contributed by atoms with Crippen LogP contribution in [0.15, 0.2) is 0 Å². The standard InChI is InChI=1S/C16H31N3O2/c1-16(2,3)21-15(20)18-14-6-9-19(10-7-14)12-13-5-4-8-17-11-13/h13-14,17H,4-12H2,1-3H3,(H,18,20)/t13-/m0/s1.